The summed E-state index contributed by atoms with van der Waals surface area (Å²) in [6.45, 7) is 5.42. The second kappa shape index (κ2) is 6.47. The van der Waals surface area contributed by atoms with Gasteiger partial charge in [-0.2, -0.15) is 9.40 Å². The molecule has 0 spiro atoms. The van der Waals surface area contributed by atoms with Crippen molar-refractivity contribution in [3.63, 3.8) is 0 Å². The average molecular weight is 291 g/mol. The van der Waals surface area contributed by atoms with Crippen molar-refractivity contribution in [2.45, 2.75) is 38.4 Å². The minimum Gasteiger partial charge on any atom is -0.392 e. The lowest BCUT2D eigenvalue weighted by Crippen LogP contribution is -2.39. The Morgan fingerprint density at radius 1 is 1.47 bits per heavy atom. The normalized spacial score (nSPS) is 12.6. The topological polar surface area (TPSA) is 95.5 Å². The number of H-pyrrole nitrogens is 1. The van der Waals surface area contributed by atoms with Gasteiger partial charge >= 0.3 is 0 Å². The first-order chi connectivity index (χ1) is 8.86. The first-order valence-electron chi connectivity index (χ1n) is 6.01. The number of aromatic nitrogens is 2. The number of rotatable bonds is 7. The van der Waals surface area contributed by atoms with Gasteiger partial charge in [0.1, 0.15) is 0 Å². The fourth-order valence-electron chi connectivity index (χ4n) is 1.78. The number of aliphatic hydroxyl groups excluding tert-OH is 1. The zero-order valence-corrected chi connectivity index (χ0v) is 12.5. The molecular formula is C11H21N3O4S. The Hall–Kier alpha value is -0.960. The number of nitrogens with zero attached hydrogens (tertiary/aromatic N) is 2. The van der Waals surface area contributed by atoms with E-state index in [0.717, 1.165) is 0 Å². The summed E-state index contributed by atoms with van der Waals surface area (Å²) in [4.78, 5) is 0. The molecule has 0 atom stereocenters. The van der Waals surface area contributed by atoms with Crippen molar-refractivity contribution in [1.82, 2.24) is 14.5 Å². The Labute approximate surface area is 113 Å². The van der Waals surface area contributed by atoms with Gasteiger partial charge in [-0.25, -0.2) is 8.42 Å². The van der Waals surface area contributed by atoms with Crippen molar-refractivity contribution >= 4 is 10.0 Å². The van der Waals surface area contributed by atoms with Crippen LogP contribution >= 0.6 is 0 Å². The Kier molecular flexibility index (Phi) is 5.48. The van der Waals surface area contributed by atoms with Crippen LogP contribution in [0.4, 0.5) is 0 Å². The van der Waals surface area contributed by atoms with Crippen molar-refractivity contribution in [2.24, 2.45) is 0 Å². The third-order valence-electron chi connectivity index (χ3n) is 2.84. The molecule has 0 aromatic carbocycles. The van der Waals surface area contributed by atoms with Gasteiger partial charge in [-0.3, -0.25) is 5.10 Å². The van der Waals surface area contributed by atoms with Crippen molar-refractivity contribution in [3.05, 3.63) is 11.3 Å². The van der Waals surface area contributed by atoms with E-state index < -0.39 is 10.0 Å². The van der Waals surface area contributed by atoms with Gasteiger partial charge in [0.2, 0.25) is 0 Å². The third-order valence-corrected chi connectivity index (χ3v) is 4.89. The number of hydrogen-bond acceptors (Lipinski definition) is 5. The Morgan fingerprint density at radius 3 is 2.58 bits per heavy atom. The van der Waals surface area contributed by atoms with Crippen molar-refractivity contribution in [3.8, 4) is 0 Å². The minimum absolute atomic E-state index is 0.114. The van der Waals surface area contributed by atoms with Crippen LogP contribution in [0.5, 0.6) is 0 Å². The predicted octanol–water partition coefficient (Wildman–Crippen LogP) is 0.256. The molecule has 1 aromatic heterocycles. The molecule has 0 unspecified atom stereocenters. The molecule has 0 bridgehead atoms. The first-order valence-corrected chi connectivity index (χ1v) is 7.45. The third kappa shape index (κ3) is 3.33. The summed E-state index contributed by atoms with van der Waals surface area (Å²) in [5.74, 6) is 0. The van der Waals surface area contributed by atoms with E-state index in [1.807, 2.05) is 0 Å². The minimum atomic E-state index is -3.74. The summed E-state index contributed by atoms with van der Waals surface area (Å²) >= 11 is 0. The molecule has 0 saturated carbocycles. The van der Waals surface area contributed by atoms with Crippen LogP contribution in [-0.4, -0.2) is 54.3 Å². The monoisotopic (exact) mass is 291 g/mol. The molecule has 0 saturated heterocycles. The standard InChI is InChI=1S/C11H21N3O4S/c1-8(2)14(5-6-18-4)19(16,17)11-10(7-15)9(3)12-13-11/h8,15H,5-7H2,1-4H3,(H,12,13). The number of methoxy groups -OCH3 is 1. The van der Waals surface area contributed by atoms with Gasteiger partial charge in [0.15, 0.2) is 5.03 Å². The van der Waals surface area contributed by atoms with Gasteiger partial charge in [-0.05, 0) is 20.8 Å². The van der Waals surface area contributed by atoms with Gasteiger partial charge in [-0.15, -0.1) is 0 Å². The molecule has 110 valence electrons. The van der Waals surface area contributed by atoms with Gasteiger partial charge in [0.25, 0.3) is 10.0 Å². The van der Waals surface area contributed by atoms with Gasteiger partial charge < -0.3 is 9.84 Å². The highest BCUT2D eigenvalue weighted by Gasteiger charge is 2.31. The van der Waals surface area contributed by atoms with Gasteiger partial charge in [0, 0.05) is 31.0 Å². The second-order valence-corrected chi connectivity index (χ2v) is 6.30. The Morgan fingerprint density at radius 2 is 2.11 bits per heavy atom. The number of sulfonamides is 1. The second-order valence-electron chi connectivity index (χ2n) is 4.49. The average Bonchev–Trinajstić information content (AvgIpc) is 2.70. The van der Waals surface area contributed by atoms with E-state index in [0.29, 0.717) is 17.9 Å². The number of ether oxygens (including phenoxy) is 1. The molecule has 7 nitrogen and oxygen atoms in total. The number of hydrogen-bond donors (Lipinski definition) is 2. The molecule has 0 aliphatic heterocycles. The molecule has 1 heterocycles. The van der Waals surface area contributed by atoms with Gasteiger partial charge in [-0.1, -0.05) is 0 Å². The number of nitrogens with one attached hydrogen (secondary N) is 1. The Balaban J connectivity index is 3.19. The highest BCUT2D eigenvalue weighted by Crippen LogP contribution is 2.21. The summed E-state index contributed by atoms with van der Waals surface area (Å²) < 4.78 is 31.3. The van der Waals surface area contributed by atoms with E-state index in [4.69, 9.17) is 4.74 Å². The molecule has 0 radical (unpaired) electrons. The SMILES string of the molecule is COCCN(C(C)C)S(=O)(=O)c1n[nH]c(C)c1CO. The number of aryl methyl sites for hydroxylation is 1. The van der Waals surface area contributed by atoms with Crippen LogP contribution in [0, 0.1) is 6.92 Å². The zero-order valence-electron chi connectivity index (χ0n) is 11.7. The van der Waals surface area contributed by atoms with E-state index in [1.54, 1.807) is 20.8 Å². The molecule has 19 heavy (non-hydrogen) atoms. The van der Waals surface area contributed by atoms with Crippen molar-refractivity contribution in [1.29, 1.82) is 0 Å². The van der Waals surface area contributed by atoms with Crippen molar-refractivity contribution < 1.29 is 18.3 Å². The summed E-state index contributed by atoms with van der Waals surface area (Å²) in [6.07, 6.45) is 0. The van der Waals surface area contributed by atoms with E-state index in [9.17, 15) is 13.5 Å². The Bertz CT molecular complexity index is 510. The highest BCUT2D eigenvalue weighted by atomic mass is 32.2. The smallest absolute Gasteiger partial charge is 0.263 e. The molecule has 1 aromatic rings. The maximum Gasteiger partial charge on any atom is 0.263 e. The van der Waals surface area contributed by atoms with Crippen LogP contribution in [0.1, 0.15) is 25.1 Å². The fourth-order valence-corrected chi connectivity index (χ4v) is 3.56. The quantitative estimate of drug-likeness (QED) is 0.751. The van der Waals surface area contributed by atoms with Crippen LogP contribution in [0.25, 0.3) is 0 Å². The molecule has 8 heteroatoms. The highest BCUT2D eigenvalue weighted by molar-refractivity contribution is 7.89. The lowest BCUT2D eigenvalue weighted by atomic mass is 10.3. The largest absolute Gasteiger partial charge is 0.392 e. The maximum absolute atomic E-state index is 12.5. The maximum atomic E-state index is 12.5. The molecule has 0 aliphatic carbocycles. The van der Waals surface area contributed by atoms with Crippen LogP contribution in [0.2, 0.25) is 0 Å². The number of aliphatic hydroxyl groups is 1. The molecular weight excluding hydrogens is 270 g/mol. The lowest BCUT2D eigenvalue weighted by Gasteiger charge is -2.24. The van der Waals surface area contributed by atoms with Crippen molar-refractivity contribution in [2.75, 3.05) is 20.3 Å². The van der Waals surface area contributed by atoms with E-state index in [-0.39, 0.29) is 24.2 Å². The zero-order chi connectivity index (χ0) is 14.6. The summed E-state index contributed by atoms with van der Waals surface area (Å²) in [6, 6.07) is -0.219. The summed E-state index contributed by atoms with van der Waals surface area (Å²) in [5, 5.41) is 15.6. The van der Waals surface area contributed by atoms with E-state index in [2.05, 4.69) is 10.2 Å². The van der Waals surface area contributed by atoms with Crippen LogP contribution in [0.15, 0.2) is 5.03 Å². The van der Waals surface area contributed by atoms with E-state index in [1.165, 1.54) is 11.4 Å². The van der Waals surface area contributed by atoms with E-state index >= 15 is 0 Å². The number of aromatic amines is 1. The molecule has 1 rings (SSSR count). The summed E-state index contributed by atoms with van der Waals surface area (Å²) in [5.41, 5.74) is 0.861. The predicted molar refractivity (Wildman–Crippen MR) is 70.2 cm³/mol. The lowest BCUT2D eigenvalue weighted by molar-refractivity contribution is 0.170. The molecule has 0 amide bonds. The molecule has 0 aliphatic rings. The first kappa shape index (κ1) is 16.1. The van der Waals surface area contributed by atoms with Crippen LogP contribution < -0.4 is 0 Å². The summed E-state index contributed by atoms with van der Waals surface area (Å²) in [7, 11) is -2.23. The van der Waals surface area contributed by atoms with Crippen LogP contribution in [-0.2, 0) is 21.4 Å². The van der Waals surface area contributed by atoms with Crippen LogP contribution in [0.3, 0.4) is 0 Å². The molecule has 0 fully saturated rings. The van der Waals surface area contributed by atoms with Gasteiger partial charge in [0.05, 0.1) is 13.2 Å². The fraction of sp³-hybridized carbons (Fsp3) is 0.727. The molecule has 2 N–H and O–H groups in total.